The van der Waals surface area contributed by atoms with E-state index in [1.165, 1.54) is 17.6 Å². The first-order valence-electron chi connectivity index (χ1n) is 12.0. The number of nitrogens with two attached hydrogens (primary N) is 1. The summed E-state index contributed by atoms with van der Waals surface area (Å²) in [5, 5.41) is 20.3. The SMILES string of the molecule is Nc1ncnc2c1ncn2C1OC(CO)C(O)C1OCCCCCCN1C(=O)c2ccccc2C1=O. The zero-order chi connectivity index (χ0) is 25.2. The second kappa shape index (κ2) is 10.3. The molecule has 0 saturated carbocycles. The average Bonchev–Trinajstić information content (AvgIpc) is 3.53. The summed E-state index contributed by atoms with van der Waals surface area (Å²) in [6.45, 7) is 0.372. The van der Waals surface area contributed by atoms with Gasteiger partial charge in [-0.25, -0.2) is 15.0 Å². The molecule has 3 aromatic rings. The molecule has 2 aliphatic rings. The fourth-order valence-electron chi connectivity index (χ4n) is 4.72. The van der Waals surface area contributed by atoms with E-state index in [2.05, 4.69) is 15.0 Å². The summed E-state index contributed by atoms with van der Waals surface area (Å²) in [7, 11) is 0. The molecule has 0 spiro atoms. The molecule has 0 radical (unpaired) electrons. The van der Waals surface area contributed by atoms with Crippen LogP contribution in [0.1, 0.15) is 52.6 Å². The summed E-state index contributed by atoms with van der Waals surface area (Å²) < 4.78 is 13.5. The van der Waals surface area contributed by atoms with Crippen molar-refractivity contribution < 1.29 is 29.3 Å². The predicted molar refractivity (Wildman–Crippen MR) is 127 cm³/mol. The number of nitrogen functional groups attached to an aromatic ring is 1. The van der Waals surface area contributed by atoms with Crippen LogP contribution in [0.4, 0.5) is 5.82 Å². The van der Waals surface area contributed by atoms with Gasteiger partial charge in [0.05, 0.1) is 24.1 Å². The van der Waals surface area contributed by atoms with E-state index in [0.29, 0.717) is 48.3 Å². The van der Waals surface area contributed by atoms with Gasteiger partial charge < -0.3 is 25.4 Å². The second-order valence-electron chi connectivity index (χ2n) is 8.88. The van der Waals surface area contributed by atoms with Crippen molar-refractivity contribution >= 4 is 28.8 Å². The fourth-order valence-corrected chi connectivity index (χ4v) is 4.72. The summed E-state index contributed by atoms with van der Waals surface area (Å²) >= 11 is 0. The molecule has 5 rings (SSSR count). The number of anilines is 1. The first kappa shape index (κ1) is 24.3. The number of ether oxygens (including phenoxy) is 2. The molecule has 4 atom stereocenters. The number of aliphatic hydroxyl groups excluding tert-OH is 2. The third-order valence-electron chi connectivity index (χ3n) is 6.62. The minimum absolute atomic E-state index is 0.231. The number of amides is 2. The summed E-state index contributed by atoms with van der Waals surface area (Å²) in [5.74, 6) is -0.245. The topological polar surface area (TPSA) is 166 Å². The van der Waals surface area contributed by atoms with Crippen molar-refractivity contribution in [2.24, 2.45) is 0 Å². The van der Waals surface area contributed by atoms with Crippen LogP contribution in [-0.2, 0) is 9.47 Å². The van der Waals surface area contributed by atoms with Crippen LogP contribution in [0.3, 0.4) is 0 Å². The highest BCUT2D eigenvalue weighted by atomic mass is 16.6. The highest BCUT2D eigenvalue weighted by Crippen LogP contribution is 2.34. The molecular formula is C24H28N6O6. The molecule has 12 nitrogen and oxygen atoms in total. The maximum atomic E-state index is 12.4. The van der Waals surface area contributed by atoms with Crippen LogP contribution in [0.2, 0.25) is 0 Å². The molecule has 1 aromatic carbocycles. The lowest BCUT2D eigenvalue weighted by molar-refractivity contribution is -0.0711. The summed E-state index contributed by atoms with van der Waals surface area (Å²) in [4.78, 5) is 38.6. The van der Waals surface area contributed by atoms with Gasteiger partial charge in [-0.3, -0.25) is 19.1 Å². The van der Waals surface area contributed by atoms with E-state index in [1.807, 2.05) is 0 Å². The molecule has 36 heavy (non-hydrogen) atoms. The standard InChI is InChI=1S/C24H28N6O6/c25-20-17-21(27-12-26-20)30(13-28-17)24-19(18(32)16(11-31)36-24)35-10-6-2-1-5-9-29-22(33)14-7-3-4-8-15(14)23(29)34/h3-4,7-8,12-13,16,18-19,24,31-32H,1-2,5-6,9-11H2,(H2,25,26,27). The Hall–Kier alpha value is -3.45. The molecule has 1 saturated heterocycles. The Morgan fingerprint density at radius 2 is 1.75 bits per heavy atom. The molecular weight excluding hydrogens is 468 g/mol. The number of hydrogen-bond acceptors (Lipinski definition) is 10. The van der Waals surface area contributed by atoms with Crippen molar-refractivity contribution in [1.29, 1.82) is 0 Å². The zero-order valence-corrected chi connectivity index (χ0v) is 19.6. The Bertz CT molecular complexity index is 1230. The van der Waals surface area contributed by atoms with E-state index in [4.69, 9.17) is 15.2 Å². The van der Waals surface area contributed by atoms with E-state index in [1.54, 1.807) is 28.8 Å². The van der Waals surface area contributed by atoms with Crippen molar-refractivity contribution in [2.75, 3.05) is 25.5 Å². The quantitative estimate of drug-likeness (QED) is 0.271. The molecule has 2 aliphatic heterocycles. The monoisotopic (exact) mass is 496 g/mol. The number of imide groups is 1. The Labute approximate surface area is 206 Å². The molecule has 2 aromatic heterocycles. The van der Waals surface area contributed by atoms with Gasteiger partial charge in [-0.15, -0.1) is 0 Å². The van der Waals surface area contributed by atoms with Gasteiger partial charge in [0.2, 0.25) is 0 Å². The van der Waals surface area contributed by atoms with Gasteiger partial charge in [0.1, 0.15) is 30.2 Å². The lowest BCUT2D eigenvalue weighted by Gasteiger charge is -2.22. The van der Waals surface area contributed by atoms with Crippen molar-refractivity contribution in [3.8, 4) is 0 Å². The van der Waals surface area contributed by atoms with Crippen LogP contribution < -0.4 is 5.73 Å². The largest absolute Gasteiger partial charge is 0.394 e. The van der Waals surface area contributed by atoms with Gasteiger partial charge in [0, 0.05) is 13.2 Å². The molecule has 0 aliphatic carbocycles. The van der Waals surface area contributed by atoms with E-state index in [-0.39, 0.29) is 24.2 Å². The second-order valence-corrected chi connectivity index (χ2v) is 8.88. The molecule has 190 valence electrons. The maximum absolute atomic E-state index is 12.4. The van der Waals surface area contributed by atoms with Crippen LogP contribution in [0.25, 0.3) is 11.2 Å². The molecule has 4 heterocycles. The molecule has 1 fully saturated rings. The van der Waals surface area contributed by atoms with E-state index >= 15 is 0 Å². The number of rotatable bonds is 10. The highest BCUT2D eigenvalue weighted by Gasteiger charge is 2.45. The molecule has 12 heteroatoms. The van der Waals surface area contributed by atoms with Gasteiger partial charge in [0.15, 0.2) is 17.7 Å². The number of unbranched alkanes of at least 4 members (excludes halogenated alkanes) is 3. The van der Waals surface area contributed by atoms with Crippen molar-refractivity contribution in [2.45, 2.75) is 50.2 Å². The van der Waals surface area contributed by atoms with E-state index < -0.39 is 24.5 Å². The number of aliphatic hydroxyl groups is 2. The van der Waals surface area contributed by atoms with E-state index in [0.717, 1.165) is 12.8 Å². The van der Waals surface area contributed by atoms with Crippen LogP contribution >= 0.6 is 0 Å². The zero-order valence-electron chi connectivity index (χ0n) is 19.6. The smallest absolute Gasteiger partial charge is 0.261 e. The number of nitrogens with zero attached hydrogens (tertiary/aromatic N) is 5. The van der Waals surface area contributed by atoms with Crippen LogP contribution in [0, 0.1) is 0 Å². The predicted octanol–water partition coefficient (Wildman–Crippen LogP) is 0.901. The van der Waals surface area contributed by atoms with Gasteiger partial charge in [-0.2, -0.15) is 0 Å². The van der Waals surface area contributed by atoms with Crippen LogP contribution in [0.5, 0.6) is 0 Å². The number of carbonyl (C=O) groups excluding carboxylic acids is 2. The van der Waals surface area contributed by atoms with Gasteiger partial charge >= 0.3 is 0 Å². The normalized spacial score (nSPS) is 23.7. The van der Waals surface area contributed by atoms with Gasteiger partial charge in [-0.05, 0) is 25.0 Å². The third-order valence-corrected chi connectivity index (χ3v) is 6.62. The Kier molecular flexibility index (Phi) is 6.92. The first-order valence-corrected chi connectivity index (χ1v) is 12.0. The molecule has 0 bridgehead atoms. The minimum Gasteiger partial charge on any atom is -0.394 e. The third kappa shape index (κ3) is 4.32. The maximum Gasteiger partial charge on any atom is 0.261 e. The lowest BCUT2D eigenvalue weighted by Crippen LogP contribution is -2.35. The summed E-state index contributed by atoms with van der Waals surface area (Å²) in [5.41, 5.74) is 7.66. The molecule has 2 amide bonds. The lowest BCUT2D eigenvalue weighted by atomic mass is 10.1. The number of fused-ring (bicyclic) bond motifs is 2. The number of hydrogen-bond donors (Lipinski definition) is 3. The highest BCUT2D eigenvalue weighted by molar-refractivity contribution is 6.21. The summed E-state index contributed by atoms with van der Waals surface area (Å²) in [6.07, 6.45) is 2.52. The number of carbonyl (C=O) groups is 2. The average molecular weight is 497 g/mol. The van der Waals surface area contributed by atoms with Gasteiger partial charge in [0.25, 0.3) is 11.8 Å². The molecule has 4 N–H and O–H groups in total. The van der Waals surface area contributed by atoms with Crippen molar-refractivity contribution in [3.05, 3.63) is 48.0 Å². The number of benzene rings is 1. The summed E-state index contributed by atoms with van der Waals surface area (Å²) in [6, 6.07) is 6.87. The van der Waals surface area contributed by atoms with Crippen molar-refractivity contribution in [3.63, 3.8) is 0 Å². The Morgan fingerprint density at radius 3 is 2.47 bits per heavy atom. The van der Waals surface area contributed by atoms with Crippen LogP contribution in [-0.4, -0.2) is 84.5 Å². The Morgan fingerprint density at radius 1 is 1.03 bits per heavy atom. The number of aromatic nitrogens is 4. The van der Waals surface area contributed by atoms with Crippen molar-refractivity contribution in [1.82, 2.24) is 24.4 Å². The first-order chi connectivity index (χ1) is 17.5. The molecule has 4 unspecified atom stereocenters. The number of imidazole rings is 1. The van der Waals surface area contributed by atoms with Crippen LogP contribution in [0.15, 0.2) is 36.9 Å². The fraction of sp³-hybridized carbons (Fsp3) is 0.458. The van der Waals surface area contributed by atoms with E-state index in [9.17, 15) is 19.8 Å². The Balaban J connectivity index is 1.11. The minimum atomic E-state index is -1.04. The van der Waals surface area contributed by atoms with Gasteiger partial charge in [-0.1, -0.05) is 25.0 Å².